The SMILES string of the molecule is CS[C@@H](C)C(=O)Nc1ccc(N2CCNC(=O)C2)nc1. The number of anilines is 2. The van der Waals surface area contributed by atoms with Crippen molar-refractivity contribution in [3.63, 3.8) is 0 Å². The summed E-state index contributed by atoms with van der Waals surface area (Å²) in [4.78, 5) is 29.3. The first-order valence-electron chi connectivity index (χ1n) is 6.41. The van der Waals surface area contributed by atoms with Crippen LogP contribution >= 0.6 is 11.8 Å². The second-order valence-electron chi connectivity index (χ2n) is 4.54. The molecule has 6 nitrogen and oxygen atoms in total. The number of nitrogens with zero attached hydrogens (tertiary/aromatic N) is 2. The molecule has 2 heterocycles. The molecule has 1 aliphatic heterocycles. The van der Waals surface area contributed by atoms with Gasteiger partial charge >= 0.3 is 0 Å². The molecule has 1 saturated heterocycles. The number of piperazine rings is 1. The lowest BCUT2D eigenvalue weighted by Gasteiger charge is -2.27. The van der Waals surface area contributed by atoms with Gasteiger partial charge in [0.2, 0.25) is 11.8 Å². The van der Waals surface area contributed by atoms with Crippen LogP contribution in [-0.4, -0.2) is 47.9 Å². The van der Waals surface area contributed by atoms with Gasteiger partial charge in [-0.25, -0.2) is 4.98 Å². The van der Waals surface area contributed by atoms with Gasteiger partial charge in [0.05, 0.1) is 23.7 Å². The van der Waals surface area contributed by atoms with E-state index in [9.17, 15) is 9.59 Å². The van der Waals surface area contributed by atoms with Crippen LogP contribution in [0.25, 0.3) is 0 Å². The Kier molecular flexibility index (Phi) is 4.84. The first kappa shape index (κ1) is 14.6. The quantitative estimate of drug-likeness (QED) is 0.855. The lowest BCUT2D eigenvalue weighted by atomic mass is 10.3. The van der Waals surface area contributed by atoms with Crippen LogP contribution in [-0.2, 0) is 9.59 Å². The summed E-state index contributed by atoms with van der Waals surface area (Å²) in [7, 11) is 0. The molecule has 0 aliphatic carbocycles. The van der Waals surface area contributed by atoms with E-state index in [2.05, 4.69) is 15.6 Å². The number of amides is 2. The van der Waals surface area contributed by atoms with Crippen molar-refractivity contribution in [3.8, 4) is 0 Å². The first-order valence-corrected chi connectivity index (χ1v) is 7.70. The number of nitrogens with one attached hydrogen (secondary N) is 2. The van der Waals surface area contributed by atoms with Gasteiger partial charge in [-0.3, -0.25) is 9.59 Å². The van der Waals surface area contributed by atoms with Gasteiger partial charge in [0.25, 0.3) is 0 Å². The van der Waals surface area contributed by atoms with Crippen molar-refractivity contribution in [3.05, 3.63) is 18.3 Å². The Morgan fingerprint density at radius 1 is 1.55 bits per heavy atom. The second-order valence-corrected chi connectivity index (χ2v) is 5.72. The first-order chi connectivity index (χ1) is 9.60. The maximum atomic E-state index is 11.8. The van der Waals surface area contributed by atoms with Gasteiger partial charge in [-0.15, -0.1) is 0 Å². The number of carbonyl (C=O) groups is 2. The van der Waals surface area contributed by atoms with Crippen LogP contribution in [0.4, 0.5) is 11.5 Å². The van der Waals surface area contributed by atoms with E-state index >= 15 is 0 Å². The highest BCUT2D eigenvalue weighted by Gasteiger charge is 2.17. The maximum Gasteiger partial charge on any atom is 0.239 e. The summed E-state index contributed by atoms with van der Waals surface area (Å²) < 4.78 is 0. The van der Waals surface area contributed by atoms with E-state index in [1.165, 1.54) is 11.8 Å². The standard InChI is InChI=1S/C13H18N4O2S/c1-9(20-2)13(19)16-10-3-4-11(15-7-10)17-6-5-14-12(18)8-17/h3-4,7,9H,5-6,8H2,1-2H3,(H,14,18)(H,16,19)/t9-/m0/s1. The third-order valence-corrected chi connectivity index (χ3v) is 4.02. The molecule has 0 unspecified atom stereocenters. The fourth-order valence-corrected chi connectivity index (χ4v) is 2.11. The zero-order chi connectivity index (χ0) is 14.5. The van der Waals surface area contributed by atoms with Gasteiger partial charge in [0.1, 0.15) is 5.82 Å². The van der Waals surface area contributed by atoms with Gasteiger partial charge < -0.3 is 15.5 Å². The summed E-state index contributed by atoms with van der Waals surface area (Å²) in [6.45, 7) is 3.55. The predicted molar refractivity (Wildman–Crippen MR) is 81.1 cm³/mol. The lowest BCUT2D eigenvalue weighted by Crippen LogP contribution is -2.48. The zero-order valence-electron chi connectivity index (χ0n) is 11.5. The van der Waals surface area contributed by atoms with Gasteiger partial charge in [-0.2, -0.15) is 11.8 Å². The molecule has 0 bridgehead atoms. The largest absolute Gasteiger partial charge is 0.353 e. The van der Waals surface area contributed by atoms with E-state index in [-0.39, 0.29) is 17.1 Å². The van der Waals surface area contributed by atoms with Crippen molar-refractivity contribution < 1.29 is 9.59 Å². The minimum Gasteiger partial charge on any atom is -0.353 e. The van der Waals surface area contributed by atoms with Crippen LogP contribution in [0, 0.1) is 0 Å². The Balaban J connectivity index is 1.99. The smallest absolute Gasteiger partial charge is 0.239 e. The average molecular weight is 294 g/mol. The molecule has 2 rings (SSSR count). The van der Waals surface area contributed by atoms with Crippen LogP contribution in [0.3, 0.4) is 0 Å². The van der Waals surface area contributed by atoms with Gasteiger partial charge in [0, 0.05) is 13.1 Å². The summed E-state index contributed by atoms with van der Waals surface area (Å²) in [5, 5.41) is 5.49. The molecule has 2 amide bonds. The Morgan fingerprint density at radius 3 is 2.95 bits per heavy atom. The van der Waals surface area contributed by atoms with Gasteiger partial charge in [-0.05, 0) is 25.3 Å². The highest BCUT2D eigenvalue weighted by molar-refractivity contribution is 7.99. The Bertz CT molecular complexity index is 492. The van der Waals surface area contributed by atoms with Crippen LogP contribution in [0.5, 0.6) is 0 Å². The Hall–Kier alpha value is -1.76. The normalized spacial score (nSPS) is 16.5. The van der Waals surface area contributed by atoms with Crippen molar-refractivity contribution in [2.45, 2.75) is 12.2 Å². The highest BCUT2D eigenvalue weighted by Crippen LogP contribution is 2.16. The third-order valence-electron chi connectivity index (χ3n) is 3.10. The van der Waals surface area contributed by atoms with Crippen molar-refractivity contribution >= 4 is 35.1 Å². The van der Waals surface area contributed by atoms with E-state index in [0.29, 0.717) is 18.8 Å². The summed E-state index contributed by atoms with van der Waals surface area (Å²) in [5.41, 5.74) is 0.668. The zero-order valence-corrected chi connectivity index (χ0v) is 12.4. The molecule has 0 saturated carbocycles. The number of rotatable bonds is 4. The molecule has 0 spiro atoms. The van der Waals surface area contributed by atoms with Crippen LogP contribution in [0.2, 0.25) is 0 Å². The van der Waals surface area contributed by atoms with Gasteiger partial charge in [0.15, 0.2) is 0 Å². The molecule has 1 aliphatic rings. The Morgan fingerprint density at radius 2 is 2.35 bits per heavy atom. The molecule has 1 fully saturated rings. The summed E-state index contributed by atoms with van der Waals surface area (Å²) in [6, 6.07) is 3.62. The molecular weight excluding hydrogens is 276 g/mol. The fourth-order valence-electron chi connectivity index (χ4n) is 1.83. The van der Waals surface area contributed by atoms with E-state index in [1.807, 2.05) is 24.1 Å². The molecule has 7 heteroatoms. The van der Waals surface area contributed by atoms with E-state index in [1.54, 1.807) is 12.3 Å². The Labute approximate surface area is 122 Å². The molecule has 0 aromatic carbocycles. The van der Waals surface area contributed by atoms with E-state index < -0.39 is 0 Å². The number of hydrogen-bond acceptors (Lipinski definition) is 5. The number of hydrogen-bond donors (Lipinski definition) is 2. The van der Waals surface area contributed by atoms with Crippen molar-refractivity contribution in [2.75, 3.05) is 36.1 Å². The predicted octanol–water partition coefficient (Wildman–Crippen LogP) is 0.708. The van der Waals surface area contributed by atoms with Gasteiger partial charge in [-0.1, -0.05) is 0 Å². The molecule has 20 heavy (non-hydrogen) atoms. The van der Waals surface area contributed by atoms with Crippen LogP contribution in [0.1, 0.15) is 6.92 Å². The summed E-state index contributed by atoms with van der Waals surface area (Å²) in [5.74, 6) is 0.712. The molecule has 1 aromatic heterocycles. The highest BCUT2D eigenvalue weighted by atomic mass is 32.2. The second kappa shape index (κ2) is 6.60. The molecule has 1 atom stereocenters. The van der Waals surface area contributed by atoms with Crippen molar-refractivity contribution in [1.29, 1.82) is 0 Å². The molecule has 108 valence electrons. The van der Waals surface area contributed by atoms with Crippen LogP contribution in [0.15, 0.2) is 18.3 Å². The summed E-state index contributed by atoms with van der Waals surface area (Å²) >= 11 is 1.49. The number of pyridine rings is 1. The molecule has 1 aromatic rings. The topological polar surface area (TPSA) is 74.3 Å². The molecule has 0 radical (unpaired) electrons. The number of aromatic nitrogens is 1. The van der Waals surface area contributed by atoms with E-state index in [4.69, 9.17) is 0 Å². The minimum absolute atomic E-state index is 0.00391. The maximum absolute atomic E-state index is 11.8. The van der Waals surface area contributed by atoms with E-state index in [0.717, 1.165) is 12.4 Å². The monoisotopic (exact) mass is 294 g/mol. The minimum atomic E-state index is -0.0968. The average Bonchev–Trinajstić information content (AvgIpc) is 2.47. The number of thioether (sulfide) groups is 1. The third kappa shape index (κ3) is 3.63. The molecular formula is C13H18N4O2S. The fraction of sp³-hybridized carbons (Fsp3) is 0.462. The van der Waals surface area contributed by atoms with Crippen LogP contribution < -0.4 is 15.5 Å². The lowest BCUT2D eigenvalue weighted by molar-refractivity contribution is -0.120. The summed E-state index contributed by atoms with van der Waals surface area (Å²) in [6.07, 6.45) is 3.51. The number of carbonyl (C=O) groups excluding carboxylic acids is 2. The van der Waals surface area contributed by atoms with Crippen molar-refractivity contribution in [1.82, 2.24) is 10.3 Å². The molecule has 2 N–H and O–H groups in total. The van der Waals surface area contributed by atoms with Crippen molar-refractivity contribution in [2.24, 2.45) is 0 Å².